The van der Waals surface area contributed by atoms with E-state index in [9.17, 15) is 13.2 Å². The van der Waals surface area contributed by atoms with Crippen molar-refractivity contribution in [3.63, 3.8) is 0 Å². The number of nitrogens with two attached hydrogens (primary N) is 1. The molecule has 0 amide bonds. The number of nitrogens with zero attached hydrogens (tertiary/aromatic N) is 4. The predicted molar refractivity (Wildman–Crippen MR) is 45.7 cm³/mol. The number of imidazole rings is 1. The van der Waals surface area contributed by atoms with Crippen molar-refractivity contribution in [2.75, 3.05) is 5.73 Å². The van der Waals surface area contributed by atoms with E-state index in [1.54, 1.807) is 0 Å². The number of nitrogen functional groups attached to an aromatic ring is 1. The molecule has 0 aliphatic carbocycles. The van der Waals surface area contributed by atoms with Gasteiger partial charge < -0.3 is 10.3 Å². The number of halogens is 3. The van der Waals surface area contributed by atoms with E-state index in [0.29, 0.717) is 0 Å². The molecule has 15 heavy (non-hydrogen) atoms. The molecule has 5 nitrogen and oxygen atoms in total. The highest BCUT2D eigenvalue weighted by molar-refractivity contribution is 5.81. The largest absolute Gasteiger partial charge is 0.451 e. The molecular weight excluding hydrogens is 211 g/mol. The van der Waals surface area contributed by atoms with Crippen LogP contribution in [0.2, 0.25) is 0 Å². The lowest BCUT2D eigenvalue weighted by Crippen LogP contribution is -2.13. The molecule has 0 unspecified atom stereocenters. The van der Waals surface area contributed by atoms with E-state index in [1.165, 1.54) is 17.9 Å². The maximum absolute atomic E-state index is 12.3. The van der Waals surface area contributed by atoms with Gasteiger partial charge in [0.05, 0.1) is 6.33 Å². The van der Waals surface area contributed by atoms with Gasteiger partial charge in [-0.1, -0.05) is 0 Å². The Morgan fingerprint density at radius 1 is 1.33 bits per heavy atom. The van der Waals surface area contributed by atoms with E-state index in [4.69, 9.17) is 5.73 Å². The zero-order chi connectivity index (χ0) is 11.2. The Hall–Kier alpha value is -1.86. The molecule has 0 spiro atoms. The van der Waals surface area contributed by atoms with Gasteiger partial charge in [0.1, 0.15) is 5.52 Å². The monoisotopic (exact) mass is 217 g/mol. The molecule has 0 saturated heterocycles. The molecule has 0 aromatic carbocycles. The Labute approximate surface area is 81.8 Å². The SMILES string of the molecule is Cn1cnc2c(N)nc(C(F)(F)F)nc21. The van der Waals surface area contributed by atoms with E-state index in [1.807, 2.05) is 0 Å². The van der Waals surface area contributed by atoms with Gasteiger partial charge in [-0.2, -0.15) is 13.2 Å². The second-order valence-corrected chi connectivity index (χ2v) is 2.96. The lowest BCUT2D eigenvalue weighted by Gasteiger charge is -2.05. The van der Waals surface area contributed by atoms with Gasteiger partial charge in [-0.05, 0) is 0 Å². The average molecular weight is 217 g/mol. The average Bonchev–Trinajstić information content (AvgIpc) is 2.47. The van der Waals surface area contributed by atoms with Crippen LogP contribution in [-0.4, -0.2) is 19.5 Å². The third kappa shape index (κ3) is 1.47. The highest BCUT2D eigenvalue weighted by atomic mass is 19.4. The number of aryl methyl sites for hydroxylation is 1. The second kappa shape index (κ2) is 2.81. The summed E-state index contributed by atoms with van der Waals surface area (Å²) >= 11 is 0. The topological polar surface area (TPSA) is 69.6 Å². The molecule has 0 radical (unpaired) electrons. The Balaban J connectivity index is 2.76. The van der Waals surface area contributed by atoms with Crippen molar-refractivity contribution in [2.24, 2.45) is 7.05 Å². The van der Waals surface area contributed by atoms with Crippen LogP contribution in [-0.2, 0) is 13.2 Å². The van der Waals surface area contributed by atoms with Crippen molar-refractivity contribution in [1.82, 2.24) is 19.5 Å². The maximum atomic E-state index is 12.3. The predicted octanol–water partition coefficient (Wildman–Crippen LogP) is 0.964. The summed E-state index contributed by atoms with van der Waals surface area (Å²) in [5.41, 5.74) is 5.58. The first-order valence-electron chi connectivity index (χ1n) is 3.91. The molecule has 2 aromatic heterocycles. The van der Waals surface area contributed by atoms with Crippen LogP contribution in [0.5, 0.6) is 0 Å². The first kappa shape index (κ1) is 9.69. The summed E-state index contributed by atoms with van der Waals surface area (Å²) in [6.45, 7) is 0. The summed E-state index contributed by atoms with van der Waals surface area (Å²) in [5, 5.41) is 0. The van der Waals surface area contributed by atoms with Gasteiger partial charge in [-0.3, -0.25) is 0 Å². The number of hydrogen-bond donors (Lipinski definition) is 1. The van der Waals surface area contributed by atoms with Gasteiger partial charge in [0.2, 0.25) is 5.82 Å². The fraction of sp³-hybridized carbons (Fsp3) is 0.286. The van der Waals surface area contributed by atoms with E-state index in [-0.39, 0.29) is 17.0 Å². The van der Waals surface area contributed by atoms with Gasteiger partial charge in [0, 0.05) is 7.05 Å². The highest BCUT2D eigenvalue weighted by Crippen LogP contribution is 2.28. The summed E-state index contributed by atoms with van der Waals surface area (Å²) in [5.74, 6) is -1.52. The van der Waals surface area contributed by atoms with Gasteiger partial charge in [0.15, 0.2) is 11.5 Å². The highest BCUT2D eigenvalue weighted by Gasteiger charge is 2.35. The molecule has 0 fully saturated rings. The van der Waals surface area contributed by atoms with Gasteiger partial charge in [-0.15, -0.1) is 0 Å². The third-order valence-electron chi connectivity index (χ3n) is 1.84. The van der Waals surface area contributed by atoms with Crippen LogP contribution in [0.25, 0.3) is 11.2 Å². The summed E-state index contributed by atoms with van der Waals surface area (Å²) in [7, 11) is 1.53. The van der Waals surface area contributed by atoms with Crippen molar-refractivity contribution in [3.8, 4) is 0 Å². The van der Waals surface area contributed by atoms with E-state index in [0.717, 1.165) is 0 Å². The quantitative estimate of drug-likeness (QED) is 0.713. The molecule has 0 bridgehead atoms. The van der Waals surface area contributed by atoms with Crippen LogP contribution in [0.3, 0.4) is 0 Å². The lowest BCUT2D eigenvalue weighted by atomic mass is 10.4. The Morgan fingerprint density at radius 3 is 2.60 bits per heavy atom. The molecule has 0 aliphatic rings. The van der Waals surface area contributed by atoms with Crippen molar-refractivity contribution < 1.29 is 13.2 Å². The Bertz CT molecular complexity index is 515. The zero-order valence-electron chi connectivity index (χ0n) is 7.58. The number of hydrogen-bond acceptors (Lipinski definition) is 4. The Morgan fingerprint density at radius 2 is 2.00 bits per heavy atom. The molecule has 2 heterocycles. The Kier molecular flexibility index (Phi) is 1.82. The molecular formula is C7H6F3N5. The standard InChI is InChI=1S/C7H6F3N5/c1-15-2-12-3-4(11)13-6(7(8,9)10)14-5(3)15/h2H,1H3,(H2,11,13,14). The van der Waals surface area contributed by atoms with E-state index >= 15 is 0 Å². The van der Waals surface area contributed by atoms with Gasteiger partial charge in [0.25, 0.3) is 0 Å². The molecule has 2 aromatic rings. The van der Waals surface area contributed by atoms with Gasteiger partial charge >= 0.3 is 6.18 Å². The molecule has 80 valence electrons. The van der Waals surface area contributed by atoms with Crippen molar-refractivity contribution >= 4 is 17.0 Å². The minimum atomic E-state index is -4.60. The first-order chi connectivity index (χ1) is 6.89. The number of fused-ring (bicyclic) bond motifs is 1. The van der Waals surface area contributed by atoms with Crippen LogP contribution in [0.1, 0.15) is 5.82 Å². The maximum Gasteiger partial charge on any atom is 0.451 e. The molecule has 0 atom stereocenters. The summed E-state index contributed by atoms with van der Waals surface area (Å²) < 4.78 is 38.3. The molecule has 8 heteroatoms. The summed E-state index contributed by atoms with van der Waals surface area (Å²) in [6.07, 6.45) is -3.28. The molecule has 0 aliphatic heterocycles. The zero-order valence-corrected chi connectivity index (χ0v) is 7.58. The fourth-order valence-corrected chi connectivity index (χ4v) is 1.16. The van der Waals surface area contributed by atoms with Gasteiger partial charge in [-0.25, -0.2) is 15.0 Å². The first-order valence-corrected chi connectivity index (χ1v) is 3.91. The number of alkyl halides is 3. The lowest BCUT2D eigenvalue weighted by molar-refractivity contribution is -0.144. The molecule has 0 saturated carbocycles. The summed E-state index contributed by atoms with van der Waals surface area (Å²) in [4.78, 5) is 10.3. The molecule has 2 N–H and O–H groups in total. The second-order valence-electron chi connectivity index (χ2n) is 2.96. The van der Waals surface area contributed by atoms with Crippen LogP contribution in [0.4, 0.5) is 19.0 Å². The summed E-state index contributed by atoms with van der Waals surface area (Å²) in [6, 6.07) is 0. The number of anilines is 1. The van der Waals surface area contributed by atoms with Crippen molar-refractivity contribution in [2.45, 2.75) is 6.18 Å². The fourth-order valence-electron chi connectivity index (χ4n) is 1.16. The number of aromatic nitrogens is 4. The van der Waals surface area contributed by atoms with Crippen LogP contribution >= 0.6 is 0 Å². The smallest absolute Gasteiger partial charge is 0.382 e. The number of rotatable bonds is 0. The molecule has 2 rings (SSSR count). The van der Waals surface area contributed by atoms with Crippen LogP contribution in [0.15, 0.2) is 6.33 Å². The normalized spacial score (nSPS) is 12.3. The van der Waals surface area contributed by atoms with Crippen molar-refractivity contribution in [3.05, 3.63) is 12.2 Å². The minimum Gasteiger partial charge on any atom is -0.382 e. The van der Waals surface area contributed by atoms with Crippen LogP contribution in [0, 0.1) is 0 Å². The minimum absolute atomic E-state index is 0.0647. The van der Waals surface area contributed by atoms with Crippen LogP contribution < -0.4 is 5.73 Å². The van der Waals surface area contributed by atoms with Crippen molar-refractivity contribution in [1.29, 1.82) is 0 Å². The third-order valence-corrected chi connectivity index (χ3v) is 1.84. The van der Waals surface area contributed by atoms with E-state index in [2.05, 4.69) is 15.0 Å². The van der Waals surface area contributed by atoms with E-state index < -0.39 is 12.0 Å².